The van der Waals surface area contributed by atoms with Crippen molar-refractivity contribution in [2.24, 2.45) is 0 Å². The quantitative estimate of drug-likeness (QED) is 0.608. The van der Waals surface area contributed by atoms with Crippen LogP contribution in [-0.2, 0) is 14.4 Å². The highest BCUT2D eigenvalue weighted by atomic mass is 16.2. The number of hydrogen-bond donors (Lipinski definition) is 3. The Balaban J connectivity index is 1.82. The predicted octanol–water partition coefficient (Wildman–Crippen LogP) is 2.78. The fourth-order valence-electron chi connectivity index (χ4n) is 2.84. The topological polar surface area (TPSA) is 90.5 Å². The van der Waals surface area contributed by atoms with Crippen molar-refractivity contribution < 1.29 is 14.4 Å². The van der Waals surface area contributed by atoms with Gasteiger partial charge in [-0.25, -0.2) is 0 Å². The van der Waals surface area contributed by atoms with Gasteiger partial charge in [0.2, 0.25) is 17.7 Å². The van der Waals surface area contributed by atoms with Crippen LogP contribution < -0.4 is 16.0 Å². The van der Waals surface area contributed by atoms with Gasteiger partial charge in [-0.05, 0) is 43.3 Å². The van der Waals surface area contributed by atoms with Crippen LogP contribution in [0.3, 0.4) is 0 Å². The van der Waals surface area contributed by atoms with E-state index in [9.17, 15) is 14.4 Å². The van der Waals surface area contributed by atoms with Gasteiger partial charge >= 0.3 is 0 Å². The number of carbonyl (C=O) groups is 3. The third-order valence-corrected chi connectivity index (χ3v) is 4.35. The summed E-state index contributed by atoms with van der Waals surface area (Å²) in [6.07, 6.45) is 0. The number of nitrogens with zero attached hydrogens (tertiary/aromatic N) is 1. The molecule has 0 aliphatic heterocycles. The van der Waals surface area contributed by atoms with E-state index in [2.05, 4.69) is 16.0 Å². The summed E-state index contributed by atoms with van der Waals surface area (Å²) in [5, 5.41) is 8.43. The summed E-state index contributed by atoms with van der Waals surface area (Å²) in [5.74, 6) is -0.487. The Bertz CT molecular complexity index is 822. The molecule has 3 N–H and O–H groups in total. The zero-order valence-corrected chi connectivity index (χ0v) is 17.1. The van der Waals surface area contributed by atoms with Crippen LogP contribution in [0.15, 0.2) is 54.6 Å². The average Bonchev–Trinajstić information content (AvgIpc) is 2.69. The molecule has 1 atom stereocenters. The van der Waals surface area contributed by atoms with Gasteiger partial charge in [0.05, 0.1) is 19.1 Å². The van der Waals surface area contributed by atoms with Gasteiger partial charge in [0.25, 0.3) is 0 Å². The van der Waals surface area contributed by atoms with Crippen molar-refractivity contribution in [2.75, 3.05) is 30.3 Å². The standard InChI is InChI=1S/C22H28N4O3/c1-4-26(14-21(28)23-16(2)18-8-6-5-7-9-18)15-22(29)25-20-12-10-19(11-13-20)24-17(3)27/h5-13,16H,4,14-15H2,1-3H3,(H,23,28)(H,24,27)(H,25,29). The summed E-state index contributed by atoms with van der Waals surface area (Å²) < 4.78 is 0. The normalized spacial score (nSPS) is 11.6. The molecule has 0 saturated heterocycles. The van der Waals surface area contributed by atoms with Crippen LogP contribution in [0.2, 0.25) is 0 Å². The van der Waals surface area contributed by atoms with Gasteiger partial charge in [-0.3, -0.25) is 19.3 Å². The van der Waals surface area contributed by atoms with Gasteiger partial charge < -0.3 is 16.0 Å². The van der Waals surface area contributed by atoms with Crippen LogP contribution in [0.1, 0.15) is 32.4 Å². The van der Waals surface area contributed by atoms with E-state index in [0.717, 1.165) is 5.56 Å². The molecule has 0 bridgehead atoms. The van der Waals surface area contributed by atoms with E-state index < -0.39 is 0 Å². The number of nitrogens with one attached hydrogen (secondary N) is 3. The Hall–Kier alpha value is -3.19. The maximum absolute atomic E-state index is 12.3. The van der Waals surface area contributed by atoms with Gasteiger partial charge in [-0.1, -0.05) is 37.3 Å². The van der Waals surface area contributed by atoms with Crippen molar-refractivity contribution in [2.45, 2.75) is 26.8 Å². The van der Waals surface area contributed by atoms with Gasteiger partial charge in [0, 0.05) is 18.3 Å². The molecule has 0 aliphatic carbocycles. The van der Waals surface area contributed by atoms with E-state index in [0.29, 0.717) is 17.9 Å². The Morgan fingerprint density at radius 2 is 1.41 bits per heavy atom. The highest BCUT2D eigenvalue weighted by Gasteiger charge is 2.15. The molecule has 0 radical (unpaired) electrons. The third kappa shape index (κ3) is 7.75. The highest BCUT2D eigenvalue weighted by Crippen LogP contribution is 2.14. The van der Waals surface area contributed by atoms with Crippen molar-refractivity contribution in [3.8, 4) is 0 Å². The monoisotopic (exact) mass is 396 g/mol. The second-order valence-electron chi connectivity index (χ2n) is 6.81. The van der Waals surface area contributed by atoms with Gasteiger partial charge in [0.1, 0.15) is 0 Å². The summed E-state index contributed by atoms with van der Waals surface area (Å²) in [5.41, 5.74) is 2.32. The van der Waals surface area contributed by atoms with Crippen molar-refractivity contribution in [3.63, 3.8) is 0 Å². The minimum Gasteiger partial charge on any atom is -0.348 e. The largest absolute Gasteiger partial charge is 0.348 e. The van der Waals surface area contributed by atoms with Crippen LogP contribution in [0.4, 0.5) is 11.4 Å². The van der Waals surface area contributed by atoms with E-state index in [1.165, 1.54) is 6.92 Å². The lowest BCUT2D eigenvalue weighted by atomic mass is 10.1. The fraction of sp³-hybridized carbons (Fsp3) is 0.318. The van der Waals surface area contributed by atoms with E-state index in [1.54, 1.807) is 29.2 Å². The number of hydrogen-bond acceptors (Lipinski definition) is 4. The van der Waals surface area contributed by atoms with Gasteiger partial charge in [-0.15, -0.1) is 0 Å². The second-order valence-corrected chi connectivity index (χ2v) is 6.81. The smallest absolute Gasteiger partial charge is 0.238 e. The molecular weight excluding hydrogens is 368 g/mol. The SMILES string of the molecule is CCN(CC(=O)Nc1ccc(NC(C)=O)cc1)CC(=O)NC(C)c1ccccc1. The average molecular weight is 396 g/mol. The second kappa shape index (κ2) is 11.0. The fourth-order valence-corrected chi connectivity index (χ4v) is 2.84. The van der Waals surface area contributed by atoms with Crippen molar-refractivity contribution in [3.05, 3.63) is 60.2 Å². The maximum Gasteiger partial charge on any atom is 0.238 e. The van der Waals surface area contributed by atoms with E-state index in [-0.39, 0.29) is 36.9 Å². The lowest BCUT2D eigenvalue weighted by Crippen LogP contribution is -2.41. The van der Waals surface area contributed by atoms with Gasteiger partial charge in [0.15, 0.2) is 0 Å². The van der Waals surface area contributed by atoms with Gasteiger partial charge in [-0.2, -0.15) is 0 Å². The zero-order chi connectivity index (χ0) is 21.2. The predicted molar refractivity (Wildman–Crippen MR) is 114 cm³/mol. The van der Waals surface area contributed by atoms with Crippen LogP contribution in [-0.4, -0.2) is 42.3 Å². The Labute approximate surface area is 171 Å². The van der Waals surface area contributed by atoms with Crippen LogP contribution in [0, 0.1) is 0 Å². The van der Waals surface area contributed by atoms with E-state index >= 15 is 0 Å². The summed E-state index contributed by atoms with van der Waals surface area (Å²) >= 11 is 0. The molecule has 2 aromatic carbocycles. The third-order valence-electron chi connectivity index (χ3n) is 4.35. The minimum absolute atomic E-state index is 0.0987. The minimum atomic E-state index is -0.206. The molecule has 0 aliphatic rings. The number of carbonyl (C=O) groups excluding carboxylic acids is 3. The number of likely N-dealkylation sites (N-methyl/N-ethyl adjacent to an activating group) is 1. The van der Waals surface area contributed by atoms with Crippen LogP contribution >= 0.6 is 0 Å². The molecule has 7 nitrogen and oxygen atoms in total. The van der Waals surface area contributed by atoms with Crippen LogP contribution in [0.5, 0.6) is 0 Å². The summed E-state index contributed by atoms with van der Waals surface area (Å²) in [4.78, 5) is 37.5. The zero-order valence-electron chi connectivity index (χ0n) is 17.1. The number of anilines is 2. The Morgan fingerprint density at radius 3 is 1.97 bits per heavy atom. The summed E-state index contributed by atoms with van der Waals surface area (Å²) in [6.45, 7) is 6.09. The lowest BCUT2D eigenvalue weighted by molar-refractivity contribution is -0.124. The van der Waals surface area contributed by atoms with Crippen molar-refractivity contribution in [1.29, 1.82) is 0 Å². The van der Waals surface area contributed by atoms with Crippen molar-refractivity contribution in [1.82, 2.24) is 10.2 Å². The first-order valence-electron chi connectivity index (χ1n) is 9.61. The molecule has 154 valence electrons. The van der Waals surface area contributed by atoms with E-state index in [4.69, 9.17) is 0 Å². The first kappa shape index (κ1) is 22.1. The highest BCUT2D eigenvalue weighted by molar-refractivity contribution is 5.93. The first-order chi connectivity index (χ1) is 13.9. The molecule has 0 fully saturated rings. The number of rotatable bonds is 9. The molecule has 2 rings (SSSR count). The first-order valence-corrected chi connectivity index (χ1v) is 9.61. The molecule has 7 heteroatoms. The Kier molecular flexibility index (Phi) is 8.36. The molecule has 2 aromatic rings. The number of benzene rings is 2. The molecule has 29 heavy (non-hydrogen) atoms. The molecular formula is C22H28N4O3. The molecule has 0 saturated carbocycles. The molecule has 0 aromatic heterocycles. The van der Waals surface area contributed by atoms with Crippen LogP contribution in [0.25, 0.3) is 0 Å². The molecule has 0 spiro atoms. The number of amides is 3. The Morgan fingerprint density at radius 1 is 0.862 bits per heavy atom. The van der Waals surface area contributed by atoms with Crippen molar-refractivity contribution >= 4 is 29.1 Å². The molecule has 3 amide bonds. The van der Waals surface area contributed by atoms with E-state index in [1.807, 2.05) is 44.2 Å². The molecule has 1 unspecified atom stereocenters. The summed E-state index contributed by atoms with van der Waals surface area (Å²) in [7, 11) is 0. The maximum atomic E-state index is 12.3. The lowest BCUT2D eigenvalue weighted by Gasteiger charge is -2.21. The molecule has 0 heterocycles. The summed E-state index contributed by atoms with van der Waals surface area (Å²) in [6, 6.07) is 16.5.